The highest BCUT2D eigenvalue weighted by atomic mass is 32.1. The molecule has 3 rings (SSSR count). The van der Waals surface area contributed by atoms with Gasteiger partial charge in [-0.1, -0.05) is 12.1 Å². The van der Waals surface area contributed by atoms with Crippen LogP contribution in [0, 0.1) is 19.7 Å². The molecule has 0 aliphatic carbocycles. The SMILES string of the molecule is CNC(=O)c1cccc(NC(=O)c2sc3cccc(F)c3c2C)c1C. The lowest BCUT2D eigenvalue weighted by molar-refractivity contribution is 0.0961. The molecule has 2 N–H and O–H groups in total. The summed E-state index contributed by atoms with van der Waals surface area (Å²) >= 11 is 1.25. The molecule has 0 unspecified atom stereocenters. The standard InChI is InChI=1S/C19H17FN2O2S/c1-10-12(18(23)21-3)6-4-8-14(10)22-19(24)17-11(2)16-13(20)7-5-9-15(16)25-17/h4-9H,1-3H3,(H,21,23)(H,22,24). The molecule has 128 valence electrons. The average Bonchev–Trinajstić information content (AvgIpc) is 2.94. The van der Waals surface area contributed by atoms with Crippen molar-refractivity contribution < 1.29 is 14.0 Å². The van der Waals surface area contributed by atoms with E-state index in [1.165, 1.54) is 17.4 Å². The Morgan fingerprint density at radius 2 is 1.72 bits per heavy atom. The van der Waals surface area contributed by atoms with Crippen molar-refractivity contribution in [2.45, 2.75) is 13.8 Å². The smallest absolute Gasteiger partial charge is 0.266 e. The Hall–Kier alpha value is -2.73. The van der Waals surface area contributed by atoms with E-state index in [9.17, 15) is 14.0 Å². The molecule has 3 aromatic rings. The van der Waals surface area contributed by atoms with Gasteiger partial charge in [-0.3, -0.25) is 9.59 Å². The lowest BCUT2D eigenvalue weighted by atomic mass is 10.1. The Morgan fingerprint density at radius 3 is 2.40 bits per heavy atom. The van der Waals surface area contributed by atoms with E-state index in [2.05, 4.69) is 10.6 Å². The van der Waals surface area contributed by atoms with Crippen LogP contribution in [-0.2, 0) is 0 Å². The zero-order chi connectivity index (χ0) is 18.1. The molecule has 0 saturated carbocycles. The molecule has 1 aromatic heterocycles. The van der Waals surface area contributed by atoms with Crippen LogP contribution in [0.5, 0.6) is 0 Å². The van der Waals surface area contributed by atoms with Crippen molar-refractivity contribution in [3.05, 3.63) is 63.8 Å². The number of carbonyl (C=O) groups is 2. The second-order valence-corrected chi connectivity index (χ2v) is 6.73. The van der Waals surface area contributed by atoms with Gasteiger partial charge in [-0.2, -0.15) is 0 Å². The summed E-state index contributed by atoms with van der Waals surface area (Å²) in [6, 6.07) is 9.97. The first-order chi connectivity index (χ1) is 11.9. The number of hydrogen-bond donors (Lipinski definition) is 2. The zero-order valence-corrected chi connectivity index (χ0v) is 14.9. The van der Waals surface area contributed by atoms with Crippen LogP contribution in [0.2, 0.25) is 0 Å². The maximum absolute atomic E-state index is 14.0. The number of aryl methyl sites for hydroxylation is 1. The fourth-order valence-corrected chi connectivity index (χ4v) is 3.92. The highest BCUT2D eigenvalue weighted by molar-refractivity contribution is 7.21. The molecule has 0 saturated heterocycles. The van der Waals surface area contributed by atoms with Gasteiger partial charge in [0.1, 0.15) is 5.82 Å². The molecule has 0 fully saturated rings. The summed E-state index contributed by atoms with van der Waals surface area (Å²) in [7, 11) is 1.56. The van der Waals surface area contributed by atoms with Crippen molar-refractivity contribution in [1.29, 1.82) is 0 Å². The Bertz CT molecular complexity index is 994. The van der Waals surface area contributed by atoms with E-state index < -0.39 is 0 Å². The van der Waals surface area contributed by atoms with Gasteiger partial charge < -0.3 is 10.6 Å². The summed E-state index contributed by atoms with van der Waals surface area (Å²) in [6.07, 6.45) is 0. The van der Waals surface area contributed by atoms with Gasteiger partial charge in [0, 0.05) is 28.4 Å². The number of amides is 2. The summed E-state index contributed by atoms with van der Waals surface area (Å²) < 4.78 is 14.8. The van der Waals surface area contributed by atoms with E-state index in [0.717, 1.165) is 4.70 Å². The monoisotopic (exact) mass is 356 g/mol. The second kappa shape index (κ2) is 6.64. The number of benzene rings is 2. The van der Waals surface area contributed by atoms with Crippen LogP contribution in [0.1, 0.15) is 31.2 Å². The van der Waals surface area contributed by atoms with Crippen molar-refractivity contribution >= 4 is 38.9 Å². The van der Waals surface area contributed by atoms with Gasteiger partial charge in [0.05, 0.1) is 4.88 Å². The summed E-state index contributed by atoms with van der Waals surface area (Å²) in [5.41, 5.74) is 2.36. The van der Waals surface area contributed by atoms with Crippen LogP contribution in [0.3, 0.4) is 0 Å². The third kappa shape index (κ3) is 3.00. The van der Waals surface area contributed by atoms with Crippen molar-refractivity contribution in [3.8, 4) is 0 Å². The minimum absolute atomic E-state index is 0.214. The number of thiophene rings is 1. The van der Waals surface area contributed by atoms with Crippen LogP contribution < -0.4 is 10.6 Å². The molecular formula is C19H17FN2O2S. The molecule has 0 aliphatic rings. The molecule has 0 atom stereocenters. The quantitative estimate of drug-likeness (QED) is 0.736. The van der Waals surface area contributed by atoms with E-state index in [-0.39, 0.29) is 17.6 Å². The fraction of sp³-hybridized carbons (Fsp3) is 0.158. The molecule has 6 heteroatoms. The number of nitrogens with one attached hydrogen (secondary N) is 2. The predicted molar refractivity (Wildman–Crippen MR) is 99.0 cm³/mol. The lowest BCUT2D eigenvalue weighted by Crippen LogP contribution is -2.20. The maximum atomic E-state index is 14.0. The third-order valence-electron chi connectivity index (χ3n) is 4.16. The highest BCUT2D eigenvalue weighted by Crippen LogP contribution is 2.33. The van der Waals surface area contributed by atoms with Crippen LogP contribution in [0.4, 0.5) is 10.1 Å². The molecule has 2 amide bonds. The minimum atomic E-state index is -0.330. The van der Waals surface area contributed by atoms with Crippen molar-refractivity contribution in [1.82, 2.24) is 5.32 Å². The molecule has 0 radical (unpaired) electrons. The van der Waals surface area contributed by atoms with Gasteiger partial charge in [0.25, 0.3) is 11.8 Å². The third-order valence-corrected chi connectivity index (χ3v) is 5.42. The van der Waals surface area contributed by atoms with Gasteiger partial charge in [-0.05, 0) is 49.2 Å². The first-order valence-electron chi connectivity index (χ1n) is 7.74. The van der Waals surface area contributed by atoms with E-state index in [4.69, 9.17) is 0 Å². The largest absolute Gasteiger partial charge is 0.355 e. The van der Waals surface area contributed by atoms with Crippen LogP contribution >= 0.6 is 11.3 Å². The average molecular weight is 356 g/mol. The number of anilines is 1. The molecule has 0 aliphatic heterocycles. The topological polar surface area (TPSA) is 58.2 Å². The Labute approximate surface area is 148 Å². The second-order valence-electron chi connectivity index (χ2n) is 5.68. The Kier molecular flexibility index (Phi) is 4.55. The normalized spacial score (nSPS) is 10.7. The highest BCUT2D eigenvalue weighted by Gasteiger charge is 2.19. The van der Waals surface area contributed by atoms with Gasteiger partial charge in [-0.15, -0.1) is 11.3 Å². The summed E-state index contributed by atoms with van der Waals surface area (Å²) in [4.78, 5) is 25.0. The van der Waals surface area contributed by atoms with Crippen LogP contribution in [-0.4, -0.2) is 18.9 Å². The molecule has 25 heavy (non-hydrogen) atoms. The molecule has 0 bridgehead atoms. The van der Waals surface area contributed by atoms with Crippen molar-refractivity contribution in [2.24, 2.45) is 0 Å². The summed E-state index contributed by atoms with van der Waals surface area (Å²) in [5, 5.41) is 5.89. The van der Waals surface area contributed by atoms with E-state index in [0.29, 0.717) is 32.6 Å². The molecular weight excluding hydrogens is 339 g/mol. The maximum Gasteiger partial charge on any atom is 0.266 e. The summed E-state index contributed by atoms with van der Waals surface area (Å²) in [6.45, 7) is 3.52. The molecule has 0 spiro atoms. The Morgan fingerprint density at radius 1 is 1.00 bits per heavy atom. The molecule has 4 nitrogen and oxygen atoms in total. The van der Waals surface area contributed by atoms with E-state index >= 15 is 0 Å². The predicted octanol–water partition coefficient (Wildman–Crippen LogP) is 4.27. The number of rotatable bonds is 3. The van der Waals surface area contributed by atoms with E-state index in [1.54, 1.807) is 51.2 Å². The minimum Gasteiger partial charge on any atom is -0.355 e. The fourth-order valence-electron chi connectivity index (χ4n) is 2.80. The number of hydrogen-bond acceptors (Lipinski definition) is 3. The van der Waals surface area contributed by atoms with Gasteiger partial charge >= 0.3 is 0 Å². The number of fused-ring (bicyclic) bond motifs is 1. The first kappa shape index (κ1) is 17.1. The number of carbonyl (C=O) groups excluding carboxylic acids is 2. The van der Waals surface area contributed by atoms with Crippen molar-refractivity contribution in [3.63, 3.8) is 0 Å². The first-order valence-corrected chi connectivity index (χ1v) is 8.56. The molecule has 1 heterocycles. The van der Waals surface area contributed by atoms with Gasteiger partial charge in [0.2, 0.25) is 0 Å². The zero-order valence-electron chi connectivity index (χ0n) is 14.1. The van der Waals surface area contributed by atoms with Crippen LogP contribution in [0.15, 0.2) is 36.4 Å². The van der Waals surface area contributed by atoms with Gasteiger partial charge in [-0.25, -0.2) is 4.39 Å². The van der Waals surface area contributed by atoms with Crippen LogP contribution in [0.25, 0.3) is 10.1 Å². The van der Waals surface area contributed by atoms with Crippen molar-refractivity contribution in [2.75, 3.05) is 12.4 Å². The van der Waals surface area contributed by atoms with E-state index in [1.807, 2.05) is 0 Å². The lowest BCUT2D eigenvalue weighted by Gasteiger charge is -2.11. The summed E-state index contributed by atoms with van der Waals surface area (Å²) in [5.74, 6) is -0.855. The number of halogens is 1. The Balaban J connectivity index is 1.98. The van der Waals surface area contributed by atoms with Gasteiger partial charge in [0.15, 0.2) is 0 Å². The molecule has 2 aromatic carbocycles.